The summed E-state index contributed by atoms with van der Waals surface area (Å²) in [6.45, 7) is 1.25. The zero-order valence-electron chi connectivity index (χ0n) is 18.1. The van der Waals surface area contributed by atoms with Crippen molar-refractivity contribution in [3.05, 3.63) is 90.2 Å². The normalized spacial score (nSPS) is 11.5. The summed E-state index contributed by atoms with van der Waals surface area (Å²) >= 11 is 0. The van der Waals surface area contributed by atoms with Gasteiger partial charge in [0.15, 0.2) is 0 Å². The maximum absolute atomic E-state index is 5.86. The lowest BCUT2D eigenvalue weighted by molar-refractivity contribution is 0.301. The van der Waals surface area contributed by atoms with E-state index in [4.69, 9.17) is 9.15 Å². The second-order valence-electron chi connectivity index (χ2n) is 7.75. The molecule has 0 aliphatic rings. The standard InChI is InChI=1S/C25H24N6O2/c1(2-13-31-14-12-28-30-31)3-19-4-8-22(9-5-19)32-16-21-17-33-25(29-21)11-7-20-6-10-23-24(15-20)27-18-26-23/h4-12,14-15,17-18H,1-3,13,16H2,(H,26,27)/b11-7+. The first-order valence-electron chi connectivity index (χ1n) is 10.9. The first kappa shape index (κ1) is 20.7. The van der Waals surface area contributed by atoms with Crippen LogP contribution in [0, 0.1) is 0 Å². The van der Waals surface area contributed by atoms with Crippen molar-refractivity contribution in [2.75, 3.05) is 0 Å². The van der Waals surface area contributed by atoms with Crippen LogP contribution in [0.5, 0.6) is 5.75 Å². The zero-order valence-corrected chi connectivity index (χ0v) is 18.1. The van der Waals surface area contributed by atoms with E-state index in [-0.39, 0.29) is 0 Å². The summed E-state index contributed by atoms with van der Waals surface area (Å²) in [6.07, 6.45) is 13.9. The van der Waals surface area contributed by atoms with Crippen molar-refractivity contribution in [1.82, 2.24) is 29.9 Å². The Morgan fingerprint density at radius 2 is 2.00 bits per heavy atom. The van der Waals surface area contributed by atoms with Gasteiger partial charge < -0.3 is 14.1 Å². The molecule has 8 nitrogen and oxygen atoms in total. The molecular weight excluding hydrogens is 416 g/mol. The molecule has 3 aromatic heterocycles. The molecule has 0 saturated carbocycles. The van der Waals surface area contributed by atoms with Crippen molar-refractivity contribution < 1.29 is 9.15 Å². The Morgan fingerprint density at radius 1 is 1.06 bits per heavy atom. The van der Waals surface area contributed by atoms with E-state index in [2.05, 4.69) is 37.4 Å². The number of nitrogens with zero attached hydrogens (tertiary/aromatic N) is 5. The number of rotatable bonds is 10. The molecule has 0 spiro atoms. The van der Waals surface area contributed by atoms with Crippen LogP contribution in [0.15, 0.2) is 71.9 Å². The van der Waals surface area contributed by atoms with Crippen molar-refractivity contribution in [3.63, 3.8) is 0 Å². The molecule has 0 bridgehead atoms. The Hall–Kier alpha value is -4.20. The lowest BCUT2D eigenvalue weighted by Gasteiger charge is -2.06. The molecule has 3 heterocycles. The number of aryl methyl sites for hydroxylation is 2. The number of H-pyrrole nitrogens is 1. The molecule has 0 radical (unpaired) electrons. The maximum Gasteiger partial charge on any atom is 0.218 e. The SMILES string of the molecule is C(=C\c1nc(COc2ccc(CCCCn3ccnn3)cc2)co1)/c1ccc2nc[nH]c2c1. The molecule has 5 rings (SSSR count). The topological polar surface area (TPSA) is 94.7 Å². The number of aromatic amines is 1. The van der Waals surface area contributed by atoms with Crippen molar-refractivity contribution >= 4 is 23.2 Å². The van der Waals surface area contributed by atoms with E-state index in [0.29, 0.717) is 12.5 Å². The average molecular weight is 441 g/mol. The number of hydrogen-bond donors (Lipinski definition) is 1. The highest BCUT2D eigenvalue weighted by Gasteiger charge is 2.04. The van der Waals surface area contributed by atoms with Gasteiger partial charge in [0, 0.05) is 18.8 Å². The number of imidazole rings is 1. The number of nitrogens with one attached hydrogen (secondary N) is 1. The fourth-order valence-electron chi connectivity index (χ4n) is 3.55. The molecule has 0 aliphatic carbocycles. The molecule has 5 aromatic rings. The largest absolute Gasteiger partial charge is 0.487 e. The number of aromatic nitrogens is 6. The third-order valence-corrected chi connectivity index (χ3v) is 5.32. The van der Waals surface area contributed by atoms with Crippen LogP contribution in [-0.4, -0.2) is 29.9 Å². The Balaban J connectivity index is 1.08. The summed E-state index contributed by atoms with van der Waals surface area (Å²) in [4.78, 5) is 11.8. The van der Waals surface area contributed by atoms with Crippen LogP contribution >= 0.6 is 0 Å². The number of ether oxygens (including phenoxy) is 1. The average Bonchev–Trinajstić information content (AvgIpc) is 3.62. The van der Waals surface area contributed by atoms with E-state index in [9.17, 15) is 0 Å². The first-order chi connectivity index (χ1) is 16.3. The number of hydrogen-bond acceptors (Lipinski definition) is 6. The smallest absolute Gasteiger partial charge is 0.218 e. The summed E-state index contributed by atoms with van der Waals surface area (Å²) in [5.74, 6) is 1.36. The fraction of sp³-hybridized carbons (Fsp3) is 0.200. The van der Waals surface area contributed by atoms with Crippen LogP contribution < -0.4 is 4.74 Å². The molecule has 0 fully saturated rings. The molecule has 0 amide bonds. The van der Waals surface area contributed by atoms with E-state index in [0.717, 1.165) is 53.8 Å². The summed E-state index contributed by atoms with van der Waals surface area (Å²) in [6, 6.07) is 14.2. The molecule has 0 saturated heterocycles. The second-order valence-corrected chi connectivity index (χ2v) is 7.75. The van der Waals surface area contributed by atoms with Gasteiger partial charge in [-0.05, 0) is 60.7 Å². The fourth-order valence-corrected chi connectivity index (χ4v) is 3.55. The van der Waals surface area contributed by atoms with Gasteiger partial charge in [0.2, 0.25) is 5.89 Å². The van der Waals surface area contributed by atoms with Gasteiger partial charge in [-0.2, -0.15) is 0 Å². The van der Waals surface area contributed by atoms with Gasteiger partial charge in [-0.3, -0.25) is 4.68 Å². The molecule has 0 aliphatic heterocycles. The summed E-state index contributed by atoms with van der Waals surface area (Å²) < 4.78 is 13.3. The van der Waals surface area contributed by atoms with Crippen molar-refractivity contribution in [1.29, 1.82) is 0 Å². The van der Waals surface area contributed by atoms with E-state index < -0.39 is 0 Å². The number of oxazole rings is 1. The number of fused-ring (bicyclic) bond motifs is 1. The maximum atomic E-state index is 5.86. The monoisotopic (exact) mass is 440 g/mol. The minimum absolute atomic E-state index is 0.356. The Morgan fingerprint density at radius 3 is 2.88 bits per heavy atom. The number of unbranched alkanes of at least 4 members (excludes halogenated alkanes) is 1. The van der Waals surface area contributed by atoms with Gasteiger partial charge in [-0.25, -0.2) is 9.97 Å². The van der Waals surface area contributed by atoms with Crippen molar-refractivity contribution in [2.45, 2.75) is 32.4 Å². The molecule has 2 aromatic carbocycles. The quantitative estimate of drug-likeness (QED) is 0.310. The minimum atomic E-state index is 0.356. The third-order valence-electron chi connectivity index (χ3n) is 5.32. The van der Waals surface area contributed by atoms with Gasteiger partial charge in [0.1, 0.15) is 24.3 Å². The van der Waals surface area contributed by atoms with Crippen LogP contribution in [0.1, 0.15) is 35.6 Å². The molecular formula is C25H24N6O2. The minimum Gasteiger partial charge on any atom is -0.487 e. The highest BCUT2D eigenvalue weighted by Crippen LogP contribution is 2.17. The highest BCUT2D eigenvalue weighted by atomic mass is 16.5. The molecule has 8 heteroatoms. The van der Waals surface area contributed by atoms with Crippen LogP contribution in [0.25, 0.3) is 23.2 Å². The zero-order chi connectivity index (χ0) is 22.3. The summed E-state index contributed by atoms with van der Waals surface area (Å²) in [5, 5.41) is 7.80. The molecule has 0 unspecified atom stereocenters. The summed E-state index contributed by atoms with van der Waals surface area (Å²) in [7, 11) is 0. The van der Waals surface area contributed by atoms with E-state index in [1.807, 2.05) is 53.4 Å². The lowest BCUT2D eigenvalue weighted by atomic mass is 10.1. The van der Waals surface area contributed by atoms with E-state index in [1.165, 1.54) is 5.56 Å². The molecule has 166 valence electrons. The van der Waals surface area contributed by atoms with Gasteiger partial charge in [0.05, 0.1) is 23.6 Å². The molecule has 33 heavy (non-hydrogen) atoms. The van der Waals surface area contributed by atoms with Crippen LogP contribution in [0.2, 0.25) is 0 Å². The van der Waals surface area contributed by atoms with Gasteiger partial charge in [-0.1, -0.05) is 23.4 Å². The van der Waals surface area contributed by atoms with Crippen LogP contribution in [-0.2, 0) is 19.6 Å². The molecule has 0 atom stereocenters. The third kappa shape index (κ3) is 5.54. The van der Waals surface area contributed by atoms with Crippen molar-refractivity contribution in [2.24, 2.45) is 0 Å². The lowest BCUT2D eigenvalue weighted by Crippen LogP contribution is -1.99. The Labute approximate surface area is 191 Å². The van der Waals surface area contributed by atoms with Crippen LogP contribution in [0.3, 0.4) is 0 Å². The van der Waals surface area contributed by atoms with E-state index >= 15 is 0 Å². The molecule has 1 N–H and O–H groups in total. The van der Waals surface area contributed by atoms with Gasteiger partial charge in [-0.15, -0.1) is 5.10 Å². The van der Waals surface area contributed by atoms with Gasteiger partial charge in [0.25, 0.3) is 0 Å². The Bertz CT molecular complexity index is 1320. The van der Waals surface area contributed by atoms with Crippen molar-refractivity contribution in [3.8, 4) is 5.75 Å². The van der Waals surface area contributed by atoms with Crippen LogP contribution in [0.4, 0.5) is 0 Å². The highest BCUT2D eigenvalue weighted by molar-refractivity contribution is 5.79. The summed E-state index contributed by atoms with van der Waals surface area (Å²) in [5.41, 5.74) is 5.02. The number of benzene rings is 2. The Kier molecular flexibility index (Phi) is 6.24. The second kappa shape index (κ2) is 9.95. The first-order valence-corrected chi connectivity index (χ1v) is 10.9. The predicted molar refractivity (Wildman–Crippen MR) is 125 cm³/mol. The predicted octanol–water partition coefficient (Wildman–Crippen LogP) is 4.91. The van der Waals surface area contributed by atoms with Gasteiger partial charge >= 0.3 is 0 Å². The van der Waals surface area contributed by atoms with E-state index in [1.54, 1.807) is 18.8 Å².